The number of benzene rings is 2. The molecule has 8 heteroatoms. The molecule has 154 valence electrons. The molecular weight excluding hydrogens is 403 g/mol. The third-order valence-corrected chi connectivity index (χ3v) is 5.95. The normalized spacial score (nSPS) is 18.5. The number of fused-ring (bicyclic) bond motifs is 3. The molecule has 0 bridgehead atoms. The number of anilines is 1. The largest absolute Gasteiger partial charge is 0.325 e. The van der Waals surface area contributed by atoms with E-state index in [4.69, 9.17) is 0 Å². The van der Waals surface area contributed by atoms with Gasteiger partial charge in [0.2, 0.25) is 5.91 Å². The van der Waals surface area contributed by atoms with Crippen LogP contribution in [0.5, 0.6) is 0 Å². The van der Waals surface area contributed by atoms with Gasteiger partial charge in [-0.3, -0.25) is 14.6 Å². The van der Waals surface area contributed by atoms with E-state index in [2.05, 4.69) is 15.3 Å². The molecular formula is C22H21FN4O2S. The first-order chi connectivity index (χ1) is 14.3. The number of amides is 2. The van der Waals surface area contributed by atoms with Gasteiger partial charge in [0.1, 0.15) is 17.7 Å². The van der Waals surface area contributed by atoms with Gasteiger partial charge in [-0.2, -0.15) is 0 Å². The molecule has 2 aromatic rings. The maximum Gasteiger partial charge on any atom is 0.259 e. The van der Waals surface area contributed by atoms with Gasteiger partial charge in [-0.25, -0.2) is 14.3 Å². The monoisotopic (exact) mass is 424 g/mol. The van der Waals surface area contributed by atoms with Crippen LogP contribution in [0.2, 0.25) is 0 Å². The highest BCUT2D eigenvalue weighted by Gasteiger charge is 2.43. The van der Waals surface area contributed by atoms with Crippen molar-refractivity contribution in [3.8, 4) is 0 Å². The summed E-state index contributed by atoms with van der Waals surface area (Å²) in [5.41, 5.74) is 2.03. The van der Waals surface area contributed by atoms with Crippen molar-refractivity contribution in [2.75, 3.05) is 5.32 Å². The van der Waals surface area contributed by atoms with Crippen LogP contribution in [0.15, 0.2) is 58.5 Å². The fourth-order valence-electron chi connectivity index (χ4n) is 3.27. The van der Waals surface area contributed by atoms with Gasteiger partial charge < -0.3 is 5.32 Å². The molecule has 0 fully saturated rings. The molecule has 0 unspecified atom stereocenters. The first-order valence-corrected chi connectivity index (χ1v) is 10.6. The van der Waals surface area contributed by atoms with E-state index in [0.717, 1.165) is 11.3 Å². The SMILES string of the molecule is CC(C)[C@@H]1N=C2c3ccccc3N=C(S[C@H](C)C(=O)Nc3ccc(F)cc3)N2C1=O. The van der Waals surface area contributed by atoms with Crippen LogP contribution in [0.4, 0.5) is 15.8 Å². The van der Waals surface area contributed by atoms with Gasteiger partial charge in [0.25, 0.3) is 5.91 Å². The van der Waals surface area contributed by atoms with Gasteiger partial charge in [0, 0.05) is 11.3 Å². The Morgan fingerprint density at radius 1 is 1.13 bits per heavy atom. The number of carbonyl (C=O) groups excluding carboxylic acids is 2. The molecule has 2 aromatic carbocycles. The quantitative estimate of drug-likeness (QED) is 0.799. The number of rotatable bonds is 4. The summed E-state index contributed by atoms with van der Waals surface area (Å²) in [6.07, 6.45) is 0. The molecule has 0 aliphatic carbocycles. The van der Waals surface area contributed by atoms with Crippen LogP contribution in [0.25, 0.3) is 0 Å². The highest BCUT2D eigenvalue weighted by molar-refractivity contribution is 8.15. The molecule has 6 nitrogen and oxygen atoms in total. The number of carbonyl (C=O) groups is 2. The van der Waals surface area contributed by atoms with Crippen molar-refractivity contribution in [3.63, 3.8) is 0 Å². The average molecular weight is 425 g/mol. The molecule has 2 aliphatic heterocycles. The van der Waals surface area contributed by atoms with Gasteiger partial charge in [-0.1, -0.05) is 37.7 Å². The highest BCUT2D eigenvalue weighted by atomic mass is 32.2. The van der Waals surface area contributed by atoms with Crippen molar-refractivity contribution in [3.05, 3.63) is 59.9 Å². The minimum atomic E-state index is -0.536. The molecule has 2 heterocycles. The lowest BCUT2D eigenvalue weighted by atomic mass is 10.1. The Bertz CT molecular complexity index is 1070. The Morgan fingerprint density at radius 2 is 1.83 bits per heavy atom. The second-order valence-corrected chi connectivity index (χ2v) is 8.79. The lowest BCUT2D eigenvalue weighted by molar-refractivity contribution is -0.125. The summed E-state index contributed by atoms with van der Waals surface area (Å²) in [5, 5.41) is 2.66. The van der Waals surface area contributed by atoms with Crippen molar-refractivity contribution < 1.29 is 14.0 Å². The van der Waals surface area contributed by atoms with Crippen LogP contribution in [-0.4, -0.2) is 39.0 Å². The predicted molar refractivity (Wildman–Crippen MR) is 118 cm³/mol. The molecule has 0 radical (unpaired) electrons. The fraction of sp³-hybridized carbons (Fsp3) is 0.273. The van der Waals surface area contributed by atoms with E-state index in [1.165, 1.54) is 40.9 Å². The van der Waals surface area contributed by atoms with Crippen LogP contribution < -0.4 is 5.32 Å². The van der Waals surface area contributed by atoms with E-state index in [9.17, 15) is 14.0 Å². The first-order valence-electron chi connectivity index (χ1n) is 9.68. The number of para-hydroxylation sites is 1. The molecule has 1 N–H and O–H groups in total. The molecule has 0 saturated heterocycles. The molecule has 2 amide bonds. The minimum absolute atomic E-state index is 0.0493. The maximum absolute atomic E-state index is 13.1. The number of aliphatic imine (C=N–C) groups is 2. The van der Waals surface area contributed by atoms with Crippen molar-refractivity contribution >= 4 is 46.0 Å². The summed E-state index contributed by atoms with van der Waals surface area (Å²) >= 11 is 1.20. The molecule has 0 spiro atoms. The number of halogens is 1. The number of hydrogen-bond donors (Lipinski definition) is 1. The zero-order chi connectivity index (χ0) is 21.4. The van der Waals surface area contributed by atoms with E-state index in [1.54, 1.807) is 6.92 Å². The Balaban J connectivity index is 1.59. The van der Waals surface area contributed by atoms with E-state index < -0.39 is 11.3 Å². The minimum Gasteiger partial charge on any atom is -0.325 e. The summed E-state index contributed by atoms with van der Waals surface area (Å²) in [6.45, 7) is 5.66. The topological polar surface area (TPSA) is 74.1 Å². The van der Waals surface area contributed by atoms with Crippen LogP contribution in [0.3, 0.4) is 0 Å². The number of nitrogens with one attached hydrogen (secondary N) is 1. The van der Waals surface area contributed by atoms with Crippen LogP contribution in [0, 0.1) is 11.7 Å². The zero-order valence-corrected chi connectivity index (χ0v) is 17.6. The Kier molecular flexibility index (Phi) is 5.42. The lowest BCUT2D eigenvalue weighted by Crippen LogP contribution is -2.43. The summed E-state index contributed by atoms with van der Waals surface area (Å²) in [7, 11) is 0. The second kappa shape index (κ2) is 8.02. The van der Waals surface area contributed by atoms with Crippen molar-refractivity contribution in [1.29, 1.82) is 0 Å². The number of hydrogen-bond acceptors (Lipinski definition) is 5. The summed E-state index contributed by atoms with van der Waals surface area (Å²) in [6, 6.07) is 12.6. The molecule has 2 atom stereocenters. The van der Waals surface area contributed by atoms with Gasteiger partial charge in [-0.15, -0.1) is 0 Å². The zero-order valence-electron chi connectivity index (χ0n) is 16.8. The predicted octanol–water partition coefficient (Wildman–Crippen LogP) is 4.20. The Labute approximate surface area is 178 Å². The van der Waals surface area contributed by atoms with E-state index in [0.29, 0.717) is 16.7 Å². The average Bonchev–Trinajstić information content (AvgIpc) is 3.08. The Morgan fingerprint density at radius 3 is 2.53 bits per heavy atom. The summed E-state index contributed by atoms with van der Waals surface area (Å²) in [5.74, 6) is -0.138. The lowest BCUT2D eigenvalue weighted by Gasteiger charge is -2.27. The second-order valence-electron chi connectivity index (χ2n) is 7.48. The maximum atomic E-state index is 13.1. The van der Waals surface area contributed by atoms with E-state index >= 15 is 0 Å². The Hall–Kier alpha value is -3.00. The third-order valence-electron chi connectivity index (χ3n) is 4.89. The third kappa shape index (κ3) is 3.75. The van der Waals surface area contributed by atoms with Crippen LogP contribution in [0.1, 0.15) is 26.3 Å². The van der Waals surface area contributed by atoms with E-state index in [-0.39, 0.29) is 23.5 Å². The summed E-state index contributed by atoms with van der Waals surface area (Å²) < 4.78 is 13.1. The molecule has 4 rings (SSSR count). The van der Waals surface area contributed by atoms with Gasteiger partial charge >= 0.3 is 0 Å². The van der Waals surface area contributed by atoms with Gasteiger partial charge in [0.05, 0.1) is 10.9 Å². The standard InChI is InChI=1S/C22H21FN4O2S/c1-12(2)18-21(29)27-19(26-18)16-6-4-5-7-17(16)25-22(27)30-13(3)20(28)24-15-10-8-14(23)9-11-15/h4-13,18H,1-3H3,(H,24,28)/t13-,18+/m1/s1. The van der Waals surface area contributed by atoms with Crippen molar-refractivity contribution in [2.45, 2.75) is 32.1 Å². The molecule has 30 heavy (non-hydrogen) atoms. The molecule has 2 aliphatic rings. The van der Waals surface area contributed by atoms with Gasteiger partial charge in [0.15, 0.2) is 5.17 Å². The highest BCUT2D eigenvalue weighted by Crippen LogP contribution is 2.35. The van der Waals surface area contributed by atoms with Crippen LogP contribution >= 0.6 is 11.8 Å². The van der Waals surface area contributed by atoms with Crippen molar-refractivity contribution in [1.82, 2.24) is 4.90 Å². The fourth-order valence-corrected chi connectivity index (χ4v) is 4.19. The molecule has 0 saturated carbocycles. The number of amidine groups is 2. The molecule has 0 aromatic heterocycles. The van der Waals surface area contributed by atoms with E-state index in [1.807, 2.05) is 38.1 Å². The first kappa shape index (κ1) is 20.3. The number of thioether (sulfide) groups is 1. The smallest absolute Gasteiger partial charge is 0.259 e. The van der Waals surface area contributed by atoms with Crippen molar-refractivity contribution in [2.24, 2.45) is 15.9 Å². The van der Waals surface area contributed by atoms with Crippen LogP contribution in [-0.2, 0) is 9.59 Å². The summed E-state index contributed by atoms with van der Waals surface area (Å²) in [4.78, 5) is 36.6. The van der Waals surface area contributed by atoms with Gasteiger partial charge in [-0.05, 0) is 49.2 Å². The number of nitrogens with zero attached hydrogens (tertiary/aromatic N) is 3.